The smallest absolute Gasteiger partial charge is 0.162 e. The SMILES string of the molecule is CCc1cc(-c2cc(F)cc3c(CCO)c[nH]c23)c(F)c2c1NC(C)(C)c1nnc(C)n1-2. The minimum Gasteiger partial charge on any atom is -0.396 e. The highest BCUT2D eigenvalue weighted by Crippen LogP contribution is 2.44. The van der Waals surface area contributed by atoms with Crippen LogP contribution in [0, 0.1) is 18.6 Å². The van der Waals surface area contributed by atoms with Gasteiger partial charge in [0.05, 0.1) is 16.7 Å². The Kier molecular flexibility index (Phi) is 4.60. The number of nitrogens with one attached hydrogen (secondary N) is 2. The topological polar surface area (TPSA) is 78.8 Å². The van der Waals surface area contributed by atoms with Gasteiger partial charge >= 0.3 is 0 Å². The molecule has 2 aromatic heterocycles. The molecule has 0 bridgehead atoms. The van der Waals surface area contributed by atoms with Crippen LogP contribution in [0.5, 0.6) is 0 Å². The lowest BCUT2D eigenvalue weighted by Gasteiger charge is -2.35. The molecule has 6 nitrogen and oxygen atoms in total. The van der Waals surface area contributed by atoms with Crippen molar-refractivity contribution in [3.05, 3.63) is 58.8 Å². The van der Waals surface area contributed by atoms with Gasteiger partial charge in [0.15, 0.2) is 11.6 Å². The van der Waals surface area contributed by atoms with Crippen LogP contribution < -0.4 is 5.32 Å². The van der Waals surface area contributed by atoms with Crippen LogP contribution in [0.15, 0.2) is 24.4 Å². The zero-order chi connectivity index (χ0) is 22.8. The summed E-state index contributed by atoms with van der Waals surface area (Å²) in [5.74, 6) is 0.287. The first-order chi connectivity index (χ1) is 15.3. The number of aromatic amines is 1. The van der Waals surface area contributed by atoms with E-state index in [0.717, 1.165) is 11.1 Å². The molecule has 0 unspecified atom stereocenters. The van der Waals surface area contributed by atoms with Crippen LogP contribution in [0.1, 0.15) is 43.5 Å². The molecule has 0 atom stereocenters. The predicted molar refractivity (Wildman–Crippen MR) is 120 cm³/mol. The van der Waals surface area contributed by atoms with E-state index in [1.165, 1.54) is 12.1 Å². The summed E-state index contributed by atoms with van der Waals surface area (Å²) in [6.07, 6.45) is 2.79. The standard InChI is InChI=1S/C24H25F2N5O/c1-5-13-8-17(18-10-15(25)9-16-14(6-7-32)11-27-21(16)18)19(26)22-20(13)28-24(3,4)23-30-29-12(2)31(22)23/h8-11,27-28,32H,5-7H2,1-4H3. The van der Waals surface area contributed by atoms with E-state index in [9.17, 15) is 9.50 Å². The van der Waals surface area contributed by atoms with Crippen molar-refractivity contribution >= 4 is 16.6 Å². The van der Waals surface area contributed by atoms with Gasteiger partial charge in [-0.1, -0.05) is 6.92 Å². The third-order valence-corrected chi connectivity index (χ3v) is 6.26. The van der Waals surface area contributed by atoms with Crippen LogP contribution in [0.25, 0.3) is 27.7 Å². The van der Waals surface area contributed by atoms with Gasteiger partial charge in [0, 0.05) is 29.3 Å². The highest BCUT2D eigenvalue weighted by molar-refractivity contribution is 5.97. The van der Waals surface area contributed by atoms with Crippen molar-refractivity contribution in [2.75, 3.05) is 11.9 Å². The molecule has 32 heavy (non-hydrogen) atoms. The van der Waals surface area contributed by atoms with Crippen molar-refractivity contribution in [2.45, 2.75) is 46.1 Å². The number of fused-ring (bicyclic) bond motifs is 4. The van der Waals surface area contributed by atoms with Crippen molar-refractivity contribution in [1.29, 1.82) is 0 Å². The normalized spacial score (nSPS) is 14.3. The minimum absolute atomic E-state index is 0.0525. The van der Waals surface area contributed by atoms with Gasteiger partial charge in [-0.15, -0.1) is 10.2 Å². The number of hydrogen-bond acceptors (Lipinski definition) is 4. The fourth-order valence-electron chi connectivity index (χ4n) is 4.72. The molecule has 0 saturated heterocycles. The molecule has 1 aliphatic heterocycles. The first-order valence-electron chi connectivity index (χ1n) is 10.7. The molecule has 166 valence electrons. The first-order valence-corrected chi connectivity index (χ1v) is 10.7. The number of H-pyrrole nitrogens is 1. The highest BCUT2D eigenvalue weighted by Gasteiger charge is 2.37. The van der Waals surface area contributed by atoms with Crippen LogP contribution >= 0.6 is 0 Å². The number of anilines is 1. The predicted octanol–water partition coefficient (Wildman–Crippen LogP) is 4.76. The molecule has 1 aliphatic rings. The number of aliphatic hydroxyl groups is 1. The molecule has 3 heterocycles. The summed E-state index contributed by atoms with van der Waals surface area (Å²) in [5, 5.41) is 21.9. The number of benzene rings is 2. The molecule has 0 spiro atoms. The van der Waals surface area contributed by atoms with Gasteiger partial charge in [-0.25, -0.2) is 8.78 Å². The van der Waals surface area contributed by atoms with Crippen LogP contribution in [0.3, 0.4) is 0 Å². The van der Waals surface area contributed by atoms with Crippen LogP contribution in [-0.2, 0) is 18.4 Å². The third kappa shape index (κ3) is 2.86. The van der Waals surface area contributed by atoms with E-state index in [4.69, 9.17) is 0 Å². The number of aromatic nitrogens is 4. The molecule has 0 amide bonds. The molecule has 4 aromatic rings. The van der Waals surface area contributed by atoms with Crippen molar-refractivity contribution in [1.82, 2.24) is 19.7 Å². The van der Waals surface area contributed by atoms with E-state index in [-0.39, 0.29) is 6.61 Å². The summed E-state index contributed by atoms with van der Waals surface area (Å²) in [6.45, 7) is 7.72. The van der Waals surface area contributed by atoms with Crippen molar-refractivity contribution < 1.29 is 13.9 Å². The average Bonchev–Trinajstić information content (AvgIpc) is 3.32. The molecule has 2 aromatic carbocycles. The largest absolute Gasteiger partial charge is 0.396 e. The van der Waals surface area contributed by atoms with E-state index in [1.54, 1.807) is 23.8 Å². The Labute approximate surface area is 184 Å². The van der Waals surface area contributed by atoms with E-state index >= 15 is 4.39 Å². The molecule has 8 heteroatoms. The summed E-state index contributed by atoms with van der Waals surface area (Å²) in [6, 6.07) is 4.57. The number of halogens is 2. The quantitative estimate of drug-likeness (QED) is 0.430. The molecule has 0 radical (unpaired) electrons. The van der Waals surface area contributed by atoms with Gasteiger partial charge in [0.2, 0.25) is 0 Å². The number of aliphatic hydroxyl groups excluding tert-OH is 1. The molecular formula is C24H25F2N5O. The second-order valence-corrected chi connectivity index (χ2v) is 8.79. The average molecular weight is 437 g/mol. The Morgan fingerprint density at radius 3 is 2.59 bits per heavy atom. The Morgan fingerprint density at radius 1 is 1.09 bits per heavy atom. The van der Waals surface area contributed by atoms with Gasteiger partial charge in [0.1, 0.15) is 17.3 Å². The summed E-state index contributed by atoms with van der Waals surface area (Å²) in [5.41, 5.74) is 3.63. The Bertz CT molecular complexity index is 1370. The van der Waals surface area contributed by atoms with Gasteiger partial charge in [0.25, 0.3) is 0 Å². The minimum atomic E-state index is -0.531. The zero-order valence-electron chi connectivity index (χ0n) is 18.5. The van der Waals surface area contributed by atoms with E-state index in [0.29, 0.717) is 57.9 Å². The van der Waals surface area contributed by atoms with Crippen LogP contribution in [0.4, 0.5) is 14.5 Å². The van der Waals surface area contributed by atoms with Gasteiger partial charge in [-0.05, 0) is 62.9 Å². The number of hydrogen-bond donors (Lipinski definition) is 3. The number of aryl methyl sites for hydroxylation is 2. The van der Waals surface area contributed by atoms with Gasteiger partial charge < -0.3 is 15.4 Å². The Hall–Kier alpha value is -3.26. The van der Waals surface area contributed by atoms with Gasteiger partial charge in [-0.2, -0.15) is 0 Å². The molecule has 0 aliphatic carbocycles. The monoisotopic (exact) mass is 437 g/mol. The summed E-state index contributed by atoms with van der Waals surface area (Å²) >= 11 is 0. The summed E-state index contributed by atoms with van der Waals surface area (Å²) < 4.78 is 32.7. The fraction of sp³-hybridized carbons (Fsp3) is 0.333. The fourth-order valence-corrected chi connectivity index (χ4v) is 4.72. The lowest BCUT2D eigenvalue weighted by Crippen LogP contribution is -2.37. The number of rotatable bonds is 4. The van der Waals surface area contributed by atoms with Crippen molar-refractivity contribution in [2.24, 2.45) is 0 Å². The number of nitrogens with zero attached hydrogens (tertiary/aromatic N) is 3. The lowest BCUT2D eigenvalue weighted by molar-refractivity contribution is 0.300. The van der Waals surface area contributed by atoms with E-state index < -0.39 is 17.2 Å². The molecular weight excluding hydrogens is 412 g/mol. The molecule has 0 saturated carbocycles. The van der Waals surface area contributed by atoms with E-state index in [1.807, 2.05) is 20.8 Å². The summed E-state index contributed by atoms with van der Waals surface area (Å²) in [7, 11) is 0. The molecule has 5 rings (SSSR count). The van der Waals surface area contributed by atoms with Crippen molar-refractivity contribution in [3.63, 3.8) is 0 Å². The second-order valence-electron chi connectivity index (χ2n) is 8.79. The molecule has 0 fully saturated rings. The van der Waals surface area contributed by atoms with Crippen LogP contribution in [0.2, 0.25) is 0 Å². The Balaban J connectivity index is 1.84. The van der Waals surface area contributed by atoms with Gasteiger partial charge in [-0.3, -0.25) is 4.57 Å². The lowest BCUT2D eigenvalue weighted by atomic mass is 9.92. The highest BCUT2D eigenvalue weighted by atomic mass is 19.1. The zero-order valence-corrected chi connectivity index (χ0v) is 18.5. The second kappa shape index (κ2) is 7.13. The maximum Gasteiger partial charge on any atom is 0.162 e. The first kappa shape index (κ1) is 20.6. The van der Waals surface area contributed by atoms with Crippen LogP contribution in [-0.4, -0.2) is 31.5 Å². The maximum atomic E-state index is 16.3. The van der Waals surface area contributed by atoms with Crippen molar-refractivity contribution in [3.8, 4) is 16.8 Å². The maximum absolute atomic E-state index is 16.3. The summed E-state index contributed by atoms with van der Waals surface area (Å²) in [4.78, 5) is 3.16. The Morgan fingerprint density at radius 2 is 1.88 bits per heavy atom. The van der Waals surface area contributed by atoms with E-state index in [2.05, 4.69) is 20.5 Å². The molecule has 3 N–H and O–H groups in total. The third-order valence-electron chi connectivity index (χ3n) is 6.26.